The maximum atomic E-state index is 2.39. The van der Waals surface area contributed by atoms with Crippen LogP contribution >= 0.6 is 0 Å². The Morgan fingerprint density at radius 3 is 2.26 bits per heavy atom. The number of hydrogen-bond acceptors (Lipinski definition) is 0. The van der Waals surface area contributed by atoms with E-state index < -0.39 is 0 Å². The molecular formula is C20H24N3+. The van der Waals surface area contributed by atoms with E-state index in [-0.39, 0.29) is 0 Å². The van der Waals surface area contributed by atoms with E-state index >= 15 is 0 Å². The fourth-order valence-corrected chi connectivity index (χ4v) is 3.69. The van der Waals surface area contributed by atoms with Crippen LogP contribution in [0.15, 0.2) is 48.9 Å². The summed E-state index contributed by atoms with van der Waals surface area (Å²) < 4.78 is 6.91. The van der Waals surface area contributed by atoms with Crippen LogP contribution < -0.4 is 4.68 Å². The number of rotatable bonds is 3. The van der Waals surface area contributed by atoms with E-state index in [0.29, 0.717) is 11.8 Å². The summed E-state index contributed by atoms with van der Waals surface area (Å²) >= 11 is 0. The molecule has 0 fully saturated rings. The molecule has 0 saturated carbocycles. The molecule has 0 radical (unpaired) electrons. The third-order valence-corrected chi connectivity index (χ3v) is 4.84. The summed E-state index contributed by atoms with van der Waals surface area (Å²) in [7, 11) is 0. The lowest BCUT2D eigenvalue weighted by molar-refractivity contribution is -0.751. The highest BCUT2D eigenvalue weighted by atomic mass is 15.4. The minimum absolute atomic E-state index is 0.500. The Balaban J connectivity index is 2.01. The largest absolute Gasteiger partial charge is 0.298 e. The average Bonchev–Trinajstić information content (AvgIpc) is 3.17. The Hall–Kier alpha value is -2.29. The molecule has 3 heterocycles. The summed E-state index contributed by atoms with van der Waals surface area (Å²) in [6.45, 7) is 10.1. The summed E-state index contributed by atoms with van der Waals surface area (Å²) in [5.74, 6) is 2.28. The van der Waals surface area contributed by atoms with Crippen molar-refractivity contribution in [2.24, 2.45) is 0 Å². The highest BCUT2D eigenvalue weighted by molar-refractivity contribution is 5.56. The average molecular weight is 306 g/mol. The van der Waals surface area contributed by atoms with E-state index in [1.807, 2.05) is 0 Å². The molecule has 0 N–H and O–H groups in total. The van der Waals surface area contributed by atoms with Crippen LogP contribution in [0, 0.1) is 0 Å². The number of benzene rings is 1. The Morgan fingerprint density at radius 2 is 1.61 bits per heavy atom. The maximum absolute atomic E-state index is 2.39. The molecule has 0 amide bonds. The Bertz CT molecular complexity index is 839. The van der Waals surface area contributed by atoms with E-state index in [0.717, 1.165) is 6.54 Å². The molecule has 2 aromatic heterocycles. The minimum Gasteiger partial charge on any atom is -0.298 e. The predicted octanol–water partition coefficient (Wildman–Crippen LogP) is 4.16. The molecule has 0 atom stereocenters. The fourth-order valence-electron chi connectivity index (χ4n) is 3.69. The second kappa shape index (κ2) is 5.12. The summed E-state index contributed by atoms with van der Waals surface area (Å²) in [5, 5.41) is 0. The maximum Gasteiger partial charge on any atom is 0.201 e. The van der Waals surface area contributed by atoms with E-state index in [2.05, 4.69) is 90.5 Å². The topological polar surface area (TPSA) is 13.7 Å². The van der Waals surface area contributed by atoms with Crippen molar-refractivity contribution in [1.29, 1.82) is 0 Å². The zero-order valence-corrected chi connectivity index (χ0v) is 14.3. The molecule has 3 heteroatoms. The molecule has 0 unspecified atom stereocenters. The molecule has 1 aliphatic heterocycles. The zero-order chi connectivity index (χ0) is 16.1. The second-order valence-electron chi connectivity index (χ2n) is 7.06. The smallest absolute Gasteiger partial charge is 0.201 e. The van der Waals surface area contributed by atoms with Crippen LogP contribution in [-0.4, -0.2) is 9.25 Å². The van der Waals surface area contributed by atoms with Crippen LogP contribution in [0.3, 0.4) is 0 Å². The van der Waals surface area contributed by atoms with Gasteiger partial charge in [0, 0.05) is 12.3 Å². The van der Waals surface area contributed by atoms with Crippen LogP contribution in [0.2, 0.25) is 0 Å². The first kappa shape index (κ1) is 14.3. The fraction of sp³-hybridized carbons (Fsp3) is 0.350. The van der Waals surface area contributed by atoms with Gasteiger partial charge in [-0.3, -0.25) is 4.57 Å². The van der Waals surface area contributed by atoms with E-state index in [9.17, 15) is 0 Å². The normalized spacial score (nSPS) is 13.0. The standard InChI is InChI=1S/C20H24N3/c1-14(2)17-7-5-8-18(15(3)4)19(17)22-12-9-16-13-21-10-6-11-23(21)20(16)22/h5-12,14-15H,13H2,1-4H3/q+1. The lowest BCUT2D eigenvalue weighted by atomic mass is 9.92. The summed E-state index contributed by atoms with van der Waals surface area (Å²) in [6, 6.07) is 11.1. The third-order valence-electron chi connectivity index (χ3n) is 4.84. The molecule has 1 aromatic carbocycles. The molecule has 0 bridgehead atoms. The molecule has 4 rings (SSSR count). The SMILES string of the molecule is CC(C)c1cccc(C(C)C)c1-n1ccc2c1-n1ccc[n+]1C2. The lowest BCUT2D eigenvalue weighted by Crippen LogP contribution is -2.36. The first-order valence-electron chi connectivity index (χ1n) is 8.48. The summed E-state index contributed by atoms with van der Waals surface area (Å²) in [4.78, 5) is 0. The molecule has 1 aliphatic rings. The van der Waals surface area contributed by atoms with Crippen molar-refractivity contribution >= 4 is 0 Å². The molecule has 23 heavy (non-hydrogen) atoms. The lowest BCUT2D eigenvalue weighted by Gasteiger charge is -2.21. The van der Waals surface area contributed by atoms with Gasteiger partial charge in [-0.05, 0) is 29.0 Å². The Morgan fingerprint density at radius 1 is 0.913 bits per heavy atom. The van der Waals surface area contributed by atoms with Crippen molar-refractivity contribution in [1.82, 2.24) is 9.25 Å². The van der Waals surface area contributed by atoms with Crippen molar-refractivity contribution in [3.05, 3.63) is 65.6 Å². The molecule has 3 aromatic rings. The number of fused-ring (bicyclic) bond motifs is 3. The van der Waals surface area contributed by atoms with Gasteiger partial charge < -0.3 is 0 Å². The first-order chi connectivity index (χ1) is 11.1. The van der Waals surface area contributed by atoms with Crippen molar-refractivity contribution in [3.63, 3.8) is 0 Å². The van der Waals surface area contributed by atoms with Gasteiger partial charge in [0.2, 0.25) is 6.54 Å². The quantitative estimate of drug-likeness (QED) is 0.504. The van der Waals surface area contributed by atoms with Crippen molar-refractivity contribution in [2.75, 3.05) is 0 Å². The molecule has 0 aliphatic carbocycles. The molecule has 0 saturated heterocycles. The predicted molar refractivity (Wildman–Crippen MR) is 92.6 cm³/mol. The van der Waals surface area contributed by atoms with Crippen molar-refractivity contribution in [2.45, 2.75) is 46.1 Å². The van der Waals surface area contributed by atoms with Gasteiger partial charge in [-0.15, -0.1) is 9.36 Å². The van der Waals surface area contributed by atoms with Gasteiger partial charge in [0.25, 0.3) is 0 Å². The highest BCUT2D eigenvalue weighted by Gasteiger charge is 2.30. The second-order valence-corrected chi connectivity index (χ2v) is 7.06. The number of aromatic nitrogens is 3. The van der Waals surface area contributed by atoms with Crippen LogP contribution in [-0.2, 0) is 6.54 Å². The molecule has 118 valence electrons. The van der Waals surface area contributed by atoms with Crippen LogP contribution in [0.5, 0.6) is 0 Å². The number of hydrogen-bond donors (Lipinski definition) is 0. The van der Waals surface area contributed by atoms with E-state index in [4.69, 9.17) is 0 Å². The molecular weight excluding hydrogens is 282 g/mol. The van der Waals surface area contributed by atoms with Gasteiger partial charge >= 0.3 is 0 Å². The van der Waals surface area contributed by atoms with E-state index in [1.54, 1.807) is 0 Å². The first-order valence-corrected chi connectivity index (χ1v) is 8.48. The molecule has 3 nitrogen and oxygen atoms in total. The van der Waals surface area contributed by atoms with Gasteiger partial charge in [0.15, 0.2) is 12.0 Å². The van der Waals surface area contributed by atoms with E-state index in [1.165, 1.54) is 28.2 Å². The van der Waals surface area contributed by atoms with Gasteiger partial charge in [-0.2, -0.15) is 0 Å². The van der Waals surface area contributed by atoms with Crippen LogP contribution in [0.4, 0.5) is 0 Å². The number of para-hydroxylation sites is 1. The van der Waals surface area contributed by atoms with Gasteiger partial charge in [0.05, 0.1) is 17.4 Å². The van der Waals surface area contributed by atoms with Crippen LogP contribution in [0.25, 0.3) is 11.5 Å². The monoisotopic (exact) mass is 306 g/mol. The Kier molecular flexibility index (Phi) is 3.19. The van der Waals surface area contributed by atoms with Gasteiger partial charge in [0.1, 0.15) is 0 Å². The van der Waals surface area contributed by atoms with Gasteiger partial charge in [-0.25, -0.2) is 0 Å². The minimum atomic E-state index is 0.500. The van der Waals surface area contributed by atoms with Crippen molar-refractivity contribution < 1.29 is 4.68 Å². The third kappa shape index (κ3) is 2.07. The summed E-state index contributed by atoms with van der Waals surface area (Å²) in [6.07, 6.45) is 6.53. The summed E-state index contributed by atoms with van der Waals surface area (Å²) in [5.41, 5.74) is 5.58. The Labute approximate surface area is 137 Å². The number of nitrogens with zero attached hydrogens (tertiary/aromatic N) is 3. The van der Waals surface area contributed by atoms with Gasteiger partial charge in [-0.1, -0.05) is 45.9 Å². The molecule has 0 spiro atoms. The van der Waals surface area contributed by atoms with Crippen LogP contribution in [0.1, 0.15) is 56.2 Å². The van der Waals surface area contributed by atoms with Crippen molar-refractivity contribution in [3.8, 4) is 11.5 Å². The zero-order valence-electron chi connectivity index (χ0n) is 14.3. The highest BCUT2D eigenvalue weighted by Crippen LogP contribution is 2.34.